The smallest absolute Gasteiger partial charge is 0.344 e. The molecule has 2 rings (SSSR count). The molecule has 0 spiro atoms. The average molecular weight is 369 g/mol. The molecule has 140 valence electrons. The Labute approximate surface area is 156 Å². The van der Waals surface area contributed by atoms with Crippen molar-refractivity contribution < 1.29 is 28.7 Å². The van der Waals surface area contributed by atoms with E-state index in [0.717, 1.165) is 0 Å². The molecule has 1 amide bonds. The number of anilines is 1. The van der Waals surface area contributed by atoms with Gasteiger partial charge in [-0.2, -0.15) is 0 Å². The van der Waals surface area contributed by atoms with Crippen LogP contribution in [-0.2, 0) is 14.3 Å². The molecule has 0 aliphatic heterocycles. The van der Waals surface area contributed by atoms with E-state index in [9.17, 15) is 19.2 Å². The Morgan fingerprint density at radius 3 is 2.56 bits per heavy atom. The van der Waals surface area contributed by atoms with E-state index in [1.54, 1.807) is 42.5 Å². The molecule has 0 unspecified atom stereocenters. The first-order valence-electron chi connectivity index (χ1n) is 8.19. The highest BCUT2D eigenvalue weighted by molar-refractivity contribution is 5.98. The normalized spacial score (nSPS) is 11.2. The van der Waals surface area contributed by atoms with Crippen LogP contribution in [-0.4, -0.2) is 36.7 Å². The van der Waals surface area contributed by atoms with Gasteiger partial charge in [0.15, 0.2) is 24.8 Å². The van der Waals surface area contributed by atoms with Crippen LogP contribution >= 0.6 is 0 Å². The number of aldehydes is 1. The summed E-state index contributed by atoms with van der Waals surface area (Å²) in [7, 11) is 0. The van der Waals surface area contributed by atoms with Gasteiger partial charge in [0, 0.05) is 11.3 Å². The van der Waals surface area contributed by atoms with Crippen molar-refractivity contribution in [3.63, 3.8) is 0 Å². The summed E-state index contributed by atoms with van der Waals surface area (Å²) >= 11 is 0. The minimum Gasteiger partial charge on any atom is -0.481 e. The quantitative estimate of drug-likeness (QED) is 0.436. The number of benzene rings is 2. The van der Waals surface area contributed by atoms with E-state index < -0.39 is 24.6 Å². The third-order valence-corrected chi connectivity index (χ3v) is 3.61. The second-order valence-electron chi connectivity index (χ2n) is 5.70. The Hall–Kier alpha value is -3.48. The average Bonchev–Trinajstić information content (AvgIpc) is 2.66. The summed E-state index contributed by atoms with van der Waals surface area (Å²) in [5.41, 5.74) is 1.19. The van der Waals surface area contributed by atoms with Gasteiger partial charge in [0.05, 0.1) is 5.56 Å². The number of hydrogen-bond acceptors (Lipinski definition) is 6. The lowest BCUT2D eigenvalue weighted by atomic mass is 10.1. The summed E-state index contributed by atoms with van der Waals surface area (Å²) in [5.74, 6) is -1.17. The van der Waals surface area contributed by atoms with Crippen molar-refractivity contribution in [2.75, 3.05) is 11.9 Å². The molecule has 0 heterocycles. The summed E-state index contributed by atoms with van der Waals surface area (Å²) in [6, 6.07) is 12.9. The van der Waals surface area contributed by atoms with Crippen molar-refractivity contribution >= 4 is 29.6 Å². The van der Waals surface area contributed by atoms with Crippen LogP contribution in [0.3, 0.4) is 0 Å². The first-order chi connectivity index (χ1) is 12.9. The lowest BCUT2D eigenvalue weighted by Crippen LogP contribution is -2.31. The fraction of sp³-hybridized carbons (Fsp3) is 0.200. The molecule has 27 heavy (non-hydrogen) atoms. The fourth-order valence-corrected chi connectivity index (χ4v) is 2.19. The molecule has 2 aromatic carbocycles. The van der Waals surface area contributed by atoms with E-state index in [0.29, 0.717) is 23.1 Å². The van der Waals surface area contributed by atoms with Crippen LogP contribution in [0.5, 0.6) is 5.75 Å². The molecule has 1 N–H and O–H groups in total. The molecule has 7 nitrogen and oxygen atoms in total. The predicted molar refractivity (Wildman–Crippen MR) is 98.0 cm³/mol. The molecule has 1 atom stereocenters. The molecule has 0 saturated heterocycles. The largest absolute Gasteiger partial charge is 0.481 e. The van der Waals surface area contributed by atoms with Crippen LogP contribution in [0.2, 0.25) is 0 Å². The van der Waals surface area contributed by atoms with E-state index >= 15 is 0 Å². The Morgan fingerprint density at radius 1 is 1.11 bits per heavy atom. The fourth-order valence-electron chi connectivity index (χ4n) is 2.19. The zero-order valence-corrected chi connectivity index (χ0v) is 14.9. The van der Waals surface area contributed by atoms with Crippen LogP contribution in [0.1, 0.15) is 34.6 Å². The van der Waals surface area contributed by atoms with E-state index in [2.05, 4.69) is 5.32 Å². The second-order valence-corrected chi connectivity index (χ2v) is 5.70. The summed E-state index contributed by atoms with van der Waals surface area (Å²) in [6.45, 7) is 2.40. The van der Waals surface area contributed by atoms with Gasteiger partial charge in [-0.05, 0) is 38.1 Å². The van der Waals surface area contributed by atoms with Gasteiger partial charge >= 0.3 is 5.97 Å². The van der Waals surface area contributed by atoms with Gasteiger partial charge in [-0.1, -0.05) is 24.3 Å². The monoisotopic (exact) mass is 369 g/mol. The predicted octanol–water partition coefficient (Wildman–Crippen LogP) is 2.65. The number of ether oxygens (including phenoxy) is 2. The van der Waals surface area contributed by atoms with Gasteiger partial charge in [0.25, 0.3) is 5.91 Å². The lowest BCUT2D eigenvalue weighted by Gasteiger charge is -2.14. The maximum absolute atomic E-state index is 12.1. The first-order valence-corrected chi connectivity index (χ1v) is 8.19. The standard InChI is InChI=1S/C20H19NO6/c1-13(23)15-7-5-8-17(10-15)21-20(25)14(2)27-19(24)12-26-18-9-4-3-6-16(18)11-22/h3-11,14H,12H2,1-2H3,(H,21,25)/t14-/m0/s1. The minimum absolute atomic E-state index is 0.127. The van der Waals surface area contributed by atoms with E-state index in [-0.39, 0.29) is 11.5 Å². The first kappa shape index (κ1) is 19.8. The molecule has 0 aliphatic carbocycles. The molecule has 0 bridgehead atoms. The summed E-state index contributed by atoms with van der Waals surface area (Å²) in [5, 5.41) is 2.58. The van der Waals surface area contributed by atoms with Gasteiger partial charge < -0.3 is 14.8 Å². The Morgan fingerprint density at radius 2 is 1.85 bits per heavy atom. The zero-order valence-electron chi connectivity index (χ0n) is 14.9. The van der Waals surface area contributed by atoms with Gasteiger partial charge in [0.2, 0.25) is 0 Å². The number of carbonyl (C=O) groups is 4. The van der Waals surface area contributed by atoms with E-state index in [1.807, 2.05) is 0 Å². The number of esters is 1. The minimum atomic E-state index is -1.07. The van der Waals surface area contributed by atoms with Gasteiger partial charge in [-0.25, -0.2) is 4.79 Å². The lowest BCUT2D eigenvalue weighted by molar-refractivity contribution is -0.155. The van der Waals surface area contributed by atoms with Crippen LogP contribution in [0, 0.1) is 0 Å². The Bertz CT molecular complexity index is 861. The number of para-hydroxylation sites is 1. The van der Waals surface area contributed by atoms with Crippen molar-refractivity contribution in [1.29, 1.82) is 0 Å². The SMILES string of the molecule is CC(=O)c1cccc(NC(=O)[C@H](C)OC(=O)COc2ccccc2C=O)c1. The molecule has 7 heteroatoms. The molecule has 0 saturated carbocycles. The zero-order chi connectivity index (χ0) is 19.8. The van der Waals surface area contributed by atoms with Crippen molar-refractivity contribution in [1.82, 2.24) is 0 Å². The number of carbonyl (C=O) groups excluding carboxylic acids is 4. The topological polar surface area (TPSA) is 98.8 Å². The third kappa shape index (κ3) is 5.78. The molecule has 0 aliphatic rings. The molecular formula is C20H19NO6. The maximum Gasteiger partial charge on any atom is 0.344 e. The summed E-state index contributed by atoms with van der Waals surface area (Å²) < 4.78 is 10.3. The van der Waals surface area contributed by atoms with Crippen molar-refractivity contribution in [2.24, 2.45) is 0 Å². The van der Waals surface area contributed by atoms with Crippen LogP contribution in [0.25, 0.3) is 0 Å². The third-order valence-electron chi connectivity index (χ3n) is 3.61. The number of ketones is 1. The number of rotatable bonds is 8. The summed E-state index contributed by atoms with van der Waals surface area (Å²) in [6.07, 6.45) is -0.449. The highest BCUT2D eigenvalue weighted by atomic mass is 16.6. The van der Waals surface area contributed by atoms with Crippen LogP contribution in [0.15, 0.2) is 48.5 Å². The van der Waals surface area contributed by atoms with Crippen LogP contribution in [0.4, 0.5) is 5.69 Å². The molecule has 0 radical (unpaired) electrons. The van der Waals surface area contributed by atoms with Gasteiger partial charge in [-0.3, -0.25) is 14.4 Å². The van der Waals surface area contributed by atoms with Gasteiger partial charge in [0.1, 0.15) is 5.75 Å². The Kier molecular flexibility index (Phi) is 6.82. The summed E-state index contributed by atoms with van der Waals surface area (Å²) in [4.78, 5) is 46.3. The molecule has 0 fully saturated rings. The number of nitrogens with one attached hydrogen (secondary N) is 1. The second kappa shape index (κ2) is 9.28. The number of hydrogen-bond donors (Lipinski definition) is 1. The molecule has 0 aromatic heterocycles. The van der Waals surface area contributed by atoms with Crippen LogP contribution < -0.4 is 10.1 Å². The molecule has 2 aromatic rings. The highest BCUT2D eigenvalue weighted by Crippen LogP contribution is 2.16. The maximum atomic E-state index is 12.1. The van der Waals surface area contributed by atoms with Crippen molar-refractivity contribution in [3.8, 4) is 5.75 Å². The number of Topliss-reactive ketones (excluding diaryl/α,β-unsaturated/α-hetero) is 1. The molecular weight excluding hydrogens is 350 g/mol. The highest BCUT2D eigenvalue weighted by Gasteiger charge is 2.19. The van der Waals surface area contributed by atoms with Crippen molar-refractivity contribution in [3.05, 3.63) is 59.7 Å². The van der Waals surface area contributed by atoms with E-state index in [1.165, 1.54) is 19.9 Å². The van der Waals surface area contributed by atoms with Crippen molar-refractivity contribution in [2.45, 2.75) is 20.0 Å². The number of amides is 1. The Balaban J connectivity index is 1.88. The van der Waals surface area contributed by atoms with Gasteiger partial charge in [-0.15, -0.1) is 0 Å². The van der Waals surface area contributed by atoms with E-state index in [4.69, 9.17) is 9.47 Å².